The molecule has 0 aliphatic rings. The van der Waals surface area contributed by atoms with Gasteiger partial charge in [-0.05, 0) is 18.2 Å². The van der Waals surface area contributed by atoms with Crippen molar-refractivity contribution in [2.24, 2.45) is 0 Å². The third kappa shape index (κ3) is 1.30. The highest BCUT2D eigenvalue weighted by Crippen LogP contribution is 2.27. The second-order valence-electron chi connectivity index (χ2n) is 2.95. The molecule has 0 amide bonds. The summed E-state index contributed by atoms with van der Waals surface area (Å²) in [7, 11) is 0. The summed E-state index contributed by atoms with van der Waals surface area (Å²) in [5.74, 6) is 0.0324. The smallest absolute Gasteiger partial charge is 0.179 e. The van der Waals surface area contributed by atoms with E-state index in [0.29, 0.717) is 16.5 Å². The summed E-state index contributed by atoms with van der Waals surface area (Å²) < 4.78 is 0. The number of aromatic hydroxyl groups is 1. The van der Waals surface area contributed by atoms with E-state index in [4.69, 9.17) is 10.2 Å². The first-order chi connectivity index (χ1) is 6.70. The topological polar surface area (TPSA) is 73.6 Å². The van der Waals surface area contributed by atoms with Gasteiger partial charge in [-0.2, -0.15) is 0 Å². The van der Waals surface area contributed by atoms with Crippen LogP contribution in [0.1, 0.15) is 11.9 Å². The Morgan fingerprint density at radius 1 is 1.14 bits per heavy atom. The Labute approximate surface area is 80.1 Å². The Kier molecular flexibility index (Phi) is 2.07. The quantitative estimate of drug-likeness (QED) is 0.586. The lowest BCUT2D eigenvalue weighted by atomic mass is 10.1. The van der Waals surface area contributed by atoms with E-state index in [2.05, 4.69) is 4.98 Å². The molecule has 2 aromatic rings. The fourth-order valence-corrected chi connectivity index (χ4v) is 1.40. The summed E-state index contributed by atoms with van der Waals surface area (Å²) in [5, 5.41) is 28.1. The van der Waals surface area contributed by atoms with E-state index in [1.54, 1.807) is 12.1 Å². The number of phenolic OH excluding ortho intramolecular Hbond substituents is 1. The zero-order chi connectivity index (χ0) is 10.1. The monoisotopic (exact) mass is 191 g/mol. The maximum atomic E-state index is 9.45. The van der Waals surface area contributed by atoms with Crippen molar-refractivity contribution < 1.29 is 15.3 Å². The number of aliphatic hydroxyl groups excluding tert-OH is 1. The van der Waals surface area contributed by atoms with Gasteiger partial charge in [-0.1, -0.05) is 6.07 Å². The van der Waals surface area contributed by atoms with Gasteiger partial charge in [0.15, 0.2) is 6.29 Å². The van der Waals surface area contributed by atoms with Crippen LogP contribution >= 0.6 is 0 Å². The number of hydrogen-bond donors (Lipinski definition) is 3. The number of aliphatic hydroxyl groups is 2. The summed E-state index contributed by atoms with van der Waals surface area (Å²) >= 11 is 0. The maximum absolute atomic E-state index is 9.45. The van der Waals surface area contributed by atoms with Gasteiger partial charge in [0.1, 0.15) is 11.3 Å². The average Bonchev–Trinajstić information content (AvgIpc) is 2.18. The van der Waals surface area contributed by atoms with Crippen molar-refractivity contribution in [1.82, 2.24) is 4.98 Å². The molecule has 0 atom stereocenters. The largest absolute Gasteiger partial charge is 0.506 e. The predicted molar refractivity (Wildman–Crippen MR) is 50.6 cm³/mol. The van der Waals surface area contributed by atoms with E-state index in [0.717, 1.165) is 0 Å². The first-order valence-corrected chi connectivity index (χ1v) is 4.13. The maximum Gasteiger partial charge on any atom is 0.179 e. The van der Waals surface area contributed by atoms with Crippen LogP contribution in [0.3, 0.4) is 0 Å². The number of benzene rings is 1. The van der Waals surface area contributed by atoms with Crippen LogP contribution in [0, 0.1) is 0 Å². The molecule has 1 heterocycles. The molecule has 0 saturated carbocycles. The highest BCUT2D eigenvalue weighted by Gasteiger charge is 2.10. The number of nitrogens with zero attached hydrogens (tertiary/aromatic N) is 1. The molecule has 4 heteroatoms. The van der Waals surface area contributed by atoms with Crippen molar-refractivity contribution in [3.63, 3.8) is 0 Å². The van der Waals surface area contributed by atoms with Gasteiger partial charge in [0.2, 0.25) is 0 Å². The normalized spacial score (nSPS) is 11.1. The zero-order valence-corrected chi connectivity index (χ0v) is 7.25. The second kappa shape index (κ2) is 3.25. The molecule has 1 aromatic carbocycles. The highest BCUT2D eigenvalue weighted by atomic mass is 16.5. The summed E-state index contributed by atoms with van der Waals surface area (Å²) in [6, 6.07) is 6.21. The van der Waals surface area contributed by atoms with E-state index in [1.165, 1.54) is 18.3 Å². The summed E-state index contributed by atoms with van der Waals surface area (Å²) in [5.41, 5.74) is 0.712. The van der Waals surface area contributed by atoms with Gasteiger partial charge < -0.3 is 15.3 Å². The predicted octanol–water partition coefficient (Wildman–Crippen LogP) is 0.924. The lowest BCUT2D eigenvalue weighted by molar-refractivity contribution is -0.0413. The molecule has 0 saturated heterocycles. The number of pyridine rings is 1. The fraction of sp³-hybridized carbons (Fsp3) is 0.100. The van der Waals surface area contributed by atoms with Crippen molar-refractivity contribution in [3.05, 3.63) is 36.0 Å². The molecule has 72 valence electrons. The second-order valence-corrected chi connectivity index (χ2v) is 2.95. The van der Waals surface area contributed by atoms with Crippen molar-refractivity contribution in [2.75, 3.05) is 0 Å². The fourth-order valence-electron chi connectivity index (χ4n) is 1.40. The van der Waals surface area contributed by atoms with Crippen LogP contribution in [0.15, 0.2) is 30.5 Å². The number of phenols is 1. The van der Waals surface area contributed by atoms with Crippen LogP contribution in [0.4, 0.5) is 0 Å². The van der Waals surface area contributed by atoms with Crippen molar-refractivity contribution in [1.29, 1.82) is 0 Å². The molecular weight excluding hydrogens is 182 g/mol. The first kappa shape index (κ1) is 8.93. The van der Waals surface area contributed by atoms with Crippen molar-refractivity contribution in [3.8, 4) is 5.75 Å². The SMILES string of the molecule is Oc1ccc(C(O)O)c2cccnc12. The standard InChI is InChI=1S/C10H9NO3/c12-8-4-3-7(10(13)14)6-2-1-5-11-9(6)8/h1-5,10,12-14H. The molecule has 0 aliphatic carbocycles. The van der Waals surface area contributed by atoms with Crippen LogP contribution in [0.2, 0.25) is 0 Å². The zero-order valence-electron chi connectivity index (χ0n) is 7.25. The van der Waals surface area contributed by atoms with Crippen LogP contribution in [-0.2, 0) is 0 Å². The van der Waals surface area contributed by atoms with E-state index < -0.39 is 6.29 Å². The molecule has 4 nitrogen and oxygen atoms in total. The van der Waals surface area contributed by atoms with Gasteiger partial charge in [0, 0.05) is 17.1 Å². The molecule has 14 heavy (non-hydrogen) atoms. The van der Waals surface area contributed by atoms with Gasteiger partial charge in [0.25, 0.3) is 0 Å². The number of fused-ring (bicyclic) bond motifs is 1. The number of rotatable bonds is 1. The molecule has 0 spiro atoms. The van der Waals surface area contributed by atoms with E-state index in [9.17, 15) is 5.11 Å². The minimum absolute atomic E-state index is 0.0324. The van der Waals surface area contributed by atoms with Crippen LogP contribution in [-0.4, -0.2) is 20.3 Å². The molecule has 0 unspecified atom stereocenters. The van der Waals surface area contributed by atoms with Gasteiger partial charge in [0.05, 0.1) is 0 Å². The van der Waals surface area contributed by atoms with E-state index >= 15 is 0 Å². The third-order valence-corrected chi connectivity index (χ3v) is 2.06. The Bertz CT molecular complexity index is 468. The van der Waals surface area contributed by atoms with Gasteiger partial charge in [-0.3, -0.25) is 4.98 Å². The van der Waals surface area contributed by atoms with Gasteiger partial charge in [-0.15, -0.1) is 0 Å². The van der Waals surface area contributed by atoms with E-state index in [-0.39, 0.29) is 5.75 Å². The number of aromatic nitrogens is 1. The molecule has 0 fully saturated rings. The molecule has 3 N–H and O–H groups in total. The Hall–Kier alpha value is -1.65. The van der Waals surface area contributed by atoms with Gasteiger partial charge >= 0.3 is 0 Å². The Morgan fingerprint density at radius 3 is 2.64 bits per heavy atom. The molecule has 0 bridgehead atoms. The van der Waals surface area contributed by atoms with Crippen molar-refractivity contribution >= 4 is 10.9 Å². The Morgan fingerprint density at radius 2 is 1.93 bits per heavy atom. The van der Waals surface area contributed by atoms with E-state index in [1.807, 2.05) is 0 Å². The summed E-state index contributed by atoms with van der Waals surface area (Å²) in [4.78, 5) is 3.95. The number of hydrogen-bond acceptors (Lipinski definition) is 4. The first-order valence-electron chi connectivity index (χ1n) is 4.13. The summed E-state index contributed by atoms with van der Waals surface area (Å²) in [6.07, 6.45) is -0.0161. The molecule has 0 aliphatic heterocycles. The highest BCUT2D eigenvalue weighted by molar-refractivity contribution is 5.87. The molecule has 0 radical (unpaired) electrons. The lowest BCUT2D eigenvalue weighted by Crippen LogP contribution is -1.96. The lowest BCUT2D eigenvalue weighted by Gasteiger charge is -2.08. The molecule has 1 aromatic heterocycles. The van der Waals surface area contributed by atoms with Crippen LogP contribution < -0.4 is 0 Å². The molecular formula is C10H9NO3. The third-order valence-electron chi connectivity index (χ3n) is 2.06. The summed E-state index contributed by atoms with van der Waals surface area (Å²) in [6.45, 7) is 0. The minimum atomic E-state index is -1.55. The van der Waals surface area contributed by atoms with Crippen LogP contribution in [0.5, 0.6) is 5.75 Å². The van der Waals surface area contributed by atoms with Crippen LogP contribution in [0.25, 0.3) is 10.9 Å². The minimum Gasteiger partial charge on any atom is -0.506 e. The molecule has 2 rings (SSSR count). The van der Waals surface area contributed by atoms with Gasteiger partial charge in [-0.25, -0.2) is 0 Å². The Balaban J connectivity index is 2.82. The average molecular weight is 191 g/mol. The van der Waals surface area contributed by atoms with Crippen molar-refractivity contribution in [2.45, 2.75) is 6.29 Å².